The summed E-state index contributed by atoms with van der Waals surface area (Å²) in [6.45, 7) is 2.09. The van der Waals surface area contributed by atoms with E-state index in [1.807, 2.05) is 0 Å². The molecule has 1 aliphatic heterocycles. The SMILES string of the molecule is O=C(Nc1ccc(F)c(-c2cn(CC3CCOC3)nn2)c1)c1cc[nH]c(=O)c1. The van der Waals surface area contributed by atoms with Crippen LogP contribution in [0, 0.1) is 11.7 Å². The van der Waals surface area contributed by atoms with Gasteiger partial charge in [0.25, 0.3) is 5.91 Å². The molecular formula is C19H18FN5O3. The lowest BCUT2D eigenvalue weighted by Crippen LogP contribution is -2.15. The number of aromatic nitrogens is 4. The molecule has 0 aliphatic carbocycles. The second kappa shape index (κ2) is 7.73. The lowest BCUT2D eigenvalue weighted by atomic mass is 10.1. The maximum Gasteiger partial charge on any atom is 0.255 e. The first-order valence-corrected chi connectivity index (χ1v) is 8.86. The van der Waals surface area contributed by atoms with E-state index in [9.17, 15) is 14.0 Å². The largest absolute Gasteiger partial charge is 0.381 e. The number of carbonyl (C=O) groups excluding carboxylic acids is 1. The van der Waals surface area contributed by atoms with E-state index in [0.29, 0.717) is 30.5 Å². The minimum absolute atomic E-state index is 0.208. The Hall–Kier alpha value is -3.33. The molecule has 8 nitrogen and oxygen atoms in total. The summed E-state index contributed by atoms with van der Waals surface area (Å²) in [5.41, 5.74) is 0.831. The topological polar surface area (TPSA) is 102 Å². The van der Waals surface area contributed by atoms with Crippen LogP contribution in [-0.2, 0) is 11.3 Å². The molecular weight excluding hydrogens is 365 g/mol. The Morgan fingerprint density at radius 1 is 1.36 bits per heavy atom. The van der Waals surface area contributed by atoms with Crippen molar-refractivity contribution in [3.63, 3.8) is 0 Å². The number of aromatic amines is 1. The Kier molecular flexibility index (Phi) is 4.98. The average Bonchev–Trinajstić information content (AvgIpc) is 3.36. The highest BCUT2D eigenvalue weighted by atomic mass is 19.1. The quantitative estimate of drug-likeness (QED) is 0.702. The lowest BCUT2D eigenvalue weighted by molar-refractivity contribution is 0.102. The molecule has 0 saturated carbocycles. The number of hydrogen-bond donors (Lipinski definition) is 2. The van der Waals surface area contributed by atoms with Gasteiger partial charge >= 0.3 is 0 Å². The first-order chi connectivity index (χ1) is 13.6. The van der Waals surface area contributed by atoms with Gasteiger partial charge in [-0.05, 0) is 30.7 Å². The number of nitrogens with one attached hydrogen (secondary N) is 2. The van der Waals surface area contributed by atoms with Gasteiger partial charge in [0.05, 0.1) is 12.8 Å². The van der Waals surface area contributed by atoms with Crippen LogP contribution in [0.25, 0.3) is 11.3 Å². The molecule has 1 fully saturated rings. The van der Waals surface area contributed by atoms with E-state index in [2.05, 4.69) is 20.6 Å². The summed E-state index contributed by atoms with van der Waals surface area (Å²) >= 11 is 0. The number of hydrogen-bond acceptors (Lipinski definition) is 5. The molecule has 3 heterocycles. The van der Waals surface area contributed by atoms with Crippen LogP contribution in [0.15, 0.2) is 47.5 Å². The first kappa shape index (κ1) is 18.1. The number of amides is 1. The summed E-state index contributed by atoms with van der Waals surface area (Å²) in [6, 6.07) is 6.88. The molecule has 1 aromatic carbocycles. The van der Waals surface area contributed by atoms with Crippen molar-refractivity contribution in [3.05, 3.63) is 64.5 Å². The Morgan fingerprint density at radius 3 is 3.04 bits per heavy atom. The van der Waals surface area contributed by atoms with Crippen molar-refractivity contribution >= 4 is 11.6 Å². The average molecular weight is 383 g/mol. The highest BCUT2D eigenvalue weighted by molar-refractivity contribution is 6.04. The zero-order valence-electron chi connectivity index (χ0n) is 14.9. The van der Waals surface area contributed by atoms with Gasteiger partial charge in [-0.15, -0.1) is 5.10 Å². The zero-order chi connectivity index (χ0) is 19.5. The highest BCUT2D eigenvalue weighted by Gasteiger charge is 2.18. The van der Waals surface area contributed by atoms with E-state index < -0.39 is 11.7 Å². The van der Waals surface area contributed by atoms with Crippen molar-refractivity contribution in [1.29, 1.82) is 0 Å². The van der Waals surface area contributed by atoms with E-state index in [1.54, 1.807) is 10.9 Å². The summed E-state index contributed by atoms with van der Waals surface area (Å²) in [7, 11) is 0. The van der Waals surface area contributed by atoms with Gasteiger partial charge in [-0.2, -0.15) is 0 Å². The summed E-state index contributed by atoms with van der Waals surface area (Å²) in [5.74, 6) is -0.557. The zero-order valence-corrected chi connectivity index (χ0v) is 14.9. The molecule has 0 radical (unpaired) electrons. The van der Waals surface area contributed by atoms with Crippen LogP contribution in [0.2, 0.25) is 0 Å². The van der Waals surface area contributed by atoms with Gasteiger partial charge in [-0.3, -0.25) is 14.3 Å². The third kappa shape index (κ3) is 3.99. The highest BCUT2D eigenvalue weighted by Crippen LogP contribution is 2.25. The van der Waals surface area contributed by atoms with Crippen molar-refractivity contribution in [2.45, 2.75) is 13.0 Å². The number of carbonyl (C=O) groups is 1. The van der Waals surface area contributed by atoms with Crippen LogP contribution in [0.5, 0.6) is 0 Å². The van der Waals surface area contributed by atoms with Crippen LogP contribution >= 0.6 is 0 Å². The number of halogens is 1. The van der Waals surface area contributed by atoms with Crippen LogP contribution in [0.1, 0.15) is 16.8 Å². The number of ether oxygens (including phenoxy) is 1. The number of anilines is 1. The van der Waals surface area contributed by atoms with Crippen LogP contribution in [0.4, 0.5) is 10.1 Å². The summed E-state index contributed by atoms with van der Waals surface area (Å²) in [6.07, 6.45) is 4.04. The second-order valence-corrected chi connectivity index (χ2v) is 6.65. The van der Waals surface area contributed by atoms with E-state index >= 15 is 0 Å². The number of pyridine rings is 1. The molecule has 1 aliphatic rings. The summed E-state index contributed by atoms with van der Waals surface area (Å²) < 4.78 is 21.4. The van der Waals surface area contributed by atoms with Gasteiger partial charge < -0.3 is 15.0 Å². The molecule has 1 atom stereocenters. The van der Waals surface area contributed by atoms with Crippen molar-refractivity contribution in [2.75, 3.05) is 18.5 Å². The maximum atomic E-state index is 14.3. The molecule has 0 spiro atoms. The Bertz CT molecular complexity index is 1060. The Labute approximate surface area is 159 Å². The summed E-state index contributed by atoms with van der Waals surface area (Å²) in [4.78, 5) is 26.1. The number of nitrogens with zero attached hydrogens (tertiary/aromatic N) is 3. The van der Waals surface area contributed by atoms with Crippen LogP contribution in [-0.4, -0.2) is 39.1 Å². The molecule has 4 rings (SSSR count). The second-order valence-electron chi connectivity index (χ2n) is 6.65. The minimum Gasteiger partial charge on any atom is -0.381 e. The molecule has 144 valence electrons. The molecule has 3 aromatic rings. The number of H-pyrrole nitrogens is 1. The number of benzene rings is 1. The fourth-order valence-corrected chi connectivity index (χ4v) is 3.09. The monoisotopic (exact) mass is 383 g/mol. The first-order valence-electron chi connectivity index (χ1n) is 8.86. The van der Waals surface area contributed by atoms with Crippen molar-refractivity contribution in [1.82, 2.24) is 20.0 Å². The van der Waals surface area contributed by atoms with Gasteiger partial charge in [0.2, 0.25) is 5.56 Å². The Morgan fingerprint density at radius 2 is 2.25 bits per heavy atom. The fraction of sp³-hybridized carbons (Fsp3) is 0.263. The Balaban J connectivity index is 1.53. The third-order valence-electron chi connectivity index (χ3n) is 4.55. The molecule has 1 saturated heterocycles. The third-order valence-corrected chi connectivity index (χ3v) is 4.55. The van der Waals surface area contributed by atoms with Crippen molar-refractivity contribution < 1.29 is 13.9 Å². The molecule has 9 heteroatoms. The normalized spacial score (nSPS) is 16.2. The van der Waals surface area contributed by atoms with Gasteiger partial charge in [0.15, 0.2) is 0 Å². The van der Waals surface area contributed by atoms with E-state index in [1.165, 1.54) is 36.5 Å². The van der Waals surface area contributed by atoms with E-state index in [-0.39, 0.29) is 16.7 Å². The fourth-order valence-electron chi connectivity index (χ4n) is 3.09. The molecule has 28 heavy (non-hydrogen) atoms. The predicted octanol–water partition coefficient (Wildman–Crippen LogP) is 2.06. The molecule has 2 aromatic heterocycles. The van der Waals surface area contributed by atoms with E-state index in [4.69, 9.17) is 4.74 Å². The predicted molar refractivity (Wildman–Crippen MR) is 99.4 cm³/mol. The standard InChI is InChI=1S/C19H18FN5O3/c20-16-2-1-14(22-19(27)13-3-5-21-18(26)7-13)8-15(16)17-10-25(24-23-17)9-12-4-6-28-11-12/h1-3,5,7-8,10,12H,4,6,9,11H2,(H,21,26)(H,22,27). The van der Waals surface area contributed by atoms with E-state index in [0.717, 1.165) is 13.0 Å². The van der Waals surface area contributed by atoms with Gasteiger partial charge in [-0.25, -0.2) is 4.39 Å². The smallest absolute Gasteiger partial charge is 0.255 e. The van der Waals surface area contributed by atoms with Crippen molar-refractivity contribution in [3.8, 4) is 11.3 Å². The van der Waals surface area contributed by atoms with Gasteiger partial charge in [-0.1, -0.05) is 5.21 Å². The molecule has 1 amide bonds. The summed E-state index contributed by atoms with van der Waals surface area (Å²) in [5, 5.41) is 10.8. The number of rotatable bonds is 5. The van der Waals surface area contributed by atoms with Crippen LogP contribution in [0.3, 0.4) is 0 Å². The molecule has 2 N–H and O–H groups in total. The van der Waals surface area contributed by atoms with Gasteiger partial charge in [0, 0.05) is 48.1 Å². The molecule has 1 unspecified atom stereocenters. The van der Waals surface area contributed by atoms with Crippen molar-refractivity contribution in [2.24, 2.45) is 5.92 Å². The maximum absolute atomic E-state index is 14.3. The molecule has 0 bridgehead atoms. The van der Waals surface area contributed by atoms with Crippen LogP contribution < -0.4 is 10.9 Å². The minimum atomic E-state index is -0.467. The lowest BCUT2D eigenvalue weighted by Gasteiger charge is -2.07. The van der Waals surface area contributed by atoms with Gasteiger partial charge in [0.1, 0.15) is 11.5 Å².